The summed E-state index contributed by atoms with van der Waals surface area (Å²) >= 11 is 3.39. The van der Waals surface area contributed by atoms with E-state index in [0.717, 1.165) is 36.1 Å². The van der Waals surface area contributed by atoms with Gasteiger partial charge in [0, 0.05) is 36.8 Å². The van der Waals surface area contributed by atoms with Gasteiger partial charge in [0.2, 0.25) is 0 Å². The third-order valence-corrected chi connectivity index (χ3v) is 3.81. The SMILES string of the molecule is CNC1CCN(C(=O)c2cc(Br)cn2C)CC1.Cl. The molecule has 1 saturated heterocycles. The second-order valence-corrected chi connectivity index (χ2v) is 5.43. The Bertz CT molecular complexity index is 413. The molecule has 2 heterocycles. The summed E-state index contributed by atoms with van der Waals surface area (Å²) in [4.78, 5) is 14.2. The summed E-state index contributed by atoms with van der Waals surface area (Å²) in [5.74, 6) is 0.132. The van der Waals surface area contributed by atoms with Gasteiger partial charge < -0.3 is 14.8 Å². The summed E-state index contributed by atoms with van der Waals surface area (Å²) in [5, 5.41) is 3.27. The average molecular weight is 337 g/mol. The Morgan fingerprint density at radius 1 is 1.44 bits per heavy atom. The normalized spacial score (nSPS) is 16.5. The van der Waals surface area contributed by atoms with Gasteiger partial charge in [-0.05, 0) is 41.9 Å². The number of likely N-dealkylation sites (tertiary alicyclic amines) is 1. The lowest BCUT2D eigenvalue weighted by atomic mass is 10.1. The molecule has 2 rings (SSSR count). The maximum absolute atomic E-state index is 12.3. The summed E-state index contributed by atoms with van der Waals surface area (Å²) in [6.45, 7) is 1.68. The van der Waals surface area contributed by atoms with Crippen LogP contribution < -0.4 is 5.32 Å². The molecule has 1 aliphatic heterocycles. The molecule has 1 aromatic heterocycles. The van der Waals surface area contributed by atoms with Crippen LogP contribution in [0.4, 0.5) is 0 Å². The van der Waals surface area contributed by atoms with Gasteiger partial charge in [-0.2, -0.15) is 0 Å². The Labute approximate surface area is 122 Å². The molecule has 0 radical (unpaired) electrons. The van der Waals surface area contributed by atoms with Crippen molar-refractivity contribution in [2.75, 3.05) is 20.1 Å². The van der Waals surface area contributed by atoms with Crippen LogP contribution in [0.5, 0.6) is 0 Å². The first-order valence-corrected chi connectivity index (χ1v) is 6.69. The van der Waals surface area contributed by atoms with Crippen molar-refractivity contribution in [2.45, 2.75) is 18.9 Å². The molecule has 18 heavy (non-hydrogen) atoms. The highest BCUT2D eigenvalue weighted by Gasteiger charge is 2.24. The summed E-state index contributed by atoms with van der Waals surface area (Å²) in [5.41, 5.74) is 0.750. The number of amides is 1. The smallest absolute Gasteiger partial charge is 0.270 e. The van der Waals surface area contributed by atoms with E-state index < -0.39 is 0 Å². The predicted octanol–water partition coefficient (Wildman–Crippen LogP) is 2.03. The molecule has 4 nitrogen and oxygen atoms in total. The Morgan fingerprint density at radius 3 is 2.50 bits per heavy atom. The van der Waals surface area contributed by atoms with Crippen LogP contribution in [0, 0.1) is 0 Å². The minimum Gasteiger partial charge on any atom is -0.345 e. The molecule has 1 aromatic rings. The standard InChI is InChI=1S/C12H18BrN3O.ClH/c1-14-10-3-5-16(6-4-10)12(17)11-7-9(13)8-15(11)2;/h7-8,10,14H,3-6H2,1-2H3;1H. The van der Waals surface area contributed by atoms with Crippen molar-refractivity contribution < 1.29 is 4.79 Å². The van der Waals surface area contributed by atoms with Crippen LogP contribution in [0.25, 0.3) is 0 Å². The van der Waals surface area contributed by atoms with E-state index in [9.17, 15) is 4.79 Å². The van der Waals surface area contributed by atoms with Gasteiger partial charge in [-0.25, -0.2) is 0 Å². The number of carbonyl (C=O) groups excluding carboxylic acids is 1. The first kappa shape index (κ1) is 15.5. The number of aromatic nitrogens is 1. The molecule has 0 saturated carbocycles. The monoisotopic (exact) mass is 335 g/mol. The molecule has 0 atom stereocenters. The fraction of sp³-hybridized carbons (Fsp3) is 0.583. The van der Waals surface area contributed by atoms with Crippen molar-refractivity contribution in [3.63, 3.8) is 0 Å². The first-order valence-electron chi connectivity index (χ1n) is 5.90. The number of hydrogen-bond donors (Lipinski definition) is 1. The molecule has 1 N–H and O–H groups in total. The maximum Gasteiger partial charge on any atom is 0.270 e. The zero-order valence-electron chi connectivity index (χ0n) is 10.6. The summed E-state index contributed by atoms with van der Waals surface area (Å²) in [6.07, 6.45) is 3.98. The van der Waals surface area contributed by atoms with Crippen molar-refractivity contribution in [1.82, 2.24) is 14.8 Å². The van der Waals surface area contributed by atoms with Gasteiger partial charge >= 0.3 is 0 Å². The Hall–Kier alpha value is -0.520. The van der Waals surface area contributed by atoms with Gasteiger partial charge in [-0.1, -0.05) is 0 Å². The van der Waals surface area contributed by atoms with Crippen LogP contribution in [-0.2, 0) is 7.05 Å². The second kappa shape index (κ2) is 6.59. The lowest BCUT2D eigenvalue weighted by Crippen LogP contribution is -2.44. The number of nitrogens with one attached hydrogen (secondary N) is 1. The van der Waals surface area contributed by atoms with Crippen molar-refractivity contribution in [3.8, 4) is 0 Å². The molecule has 0 spiro atoms. The highest BCUT2D eigenvalue weighted by atomic mass is 79.9. The van der Waals surface area contributed by atoms with E-state index in [1.165, 1.54) is 0 Å². The quantitative estimate of drug-likeness (QED) is 0.897. The van der Waals surface area contributed by atoms with E-state index in [1.54, 1.807) is 0 Å². The van der Waals surface area contributed by atoms with Crippen LogP contribution >= 0.6 is 28.3 Å². The van der Waals surface area contributed by atoms with Crippen LogP contribution in [-0.4, -0.2) is 41.6 Å². The Kier molecular flexibility index (Phi) is 5.69. The van der Waals surface area contributed by atoms with Gasteiger partial charge in [0.15, 0.2) is 0 Å². The molecule has 1 fully saturated rings. The third-order valence-electron chi connectivity index (χ3n) is 3.38. The van der Waals surface area contributed by atoms with E-state index in [0.29, 0.717) is 6.04 Å². The van der Waals surface area contributed by atoms with E-state index in [4.69, 9.17) is 0 Å². The summed E-state index contributed by atoms with van der Waals surface area (Å²) in [7, 11) is 3.88. The van der Waals surface area contributed by atoms with Gasteiger partial charge in [-0.15, -0.1) is 12.4 Å². The molecule has 0 bridgehead atoms. The predicted molar refractivity (Wildman–Crippen MR) is 78.3 cm³/mol. The van der Waals surface area contributed by atoms with Gasteiger partial charge in [0.05, 0.1) is 0 Å². The van der Waals surface area contributed by atoms with E-state index in [1.807, 2.05) is 35.8 Å². The average Bonchev–Trinajstić information content (AvgIpc) is 2.68. The summed E-state index contributed by atoms with van der Waals surface area (Å²) < 4.78 is 2.82. The number of piperidine rings is 1. The van der Waals surface area contributed by atoms with E-state index in [-0.39, 0.29) is 18.3 Å². The minimum absolute atomic E-state index is 0. The van der Waals surface area contributed by atoms with Crippen molar-refractivity contribution in [2.24, 2.45) is 7.05 Å². The second-order valence-electron chi connectivity index (χ2n) is 4.51. The minimum atomic E-state index is 0. The fourth-order valence-corrected chi connectivity index (χ4v) is 2.79. The van der Waals surface area contributed by atoms with Crippen LogP contribution in [0.3, 0.4) is 0 Å². The fourth-order valence-electron chi connectivity index (χ4n) is 2.27. The van der Waals surface area contributed by atoms with Crippen molar-refractivity contribution in [1.29, 1.82) is 0 Å². The Balaban J connectivity index is 0.00000162. The molecule has 1 amide bonds. The molecular formula is C12H19BrClN3O. The first-order chi connectivity index (χ1) is 8.11. The largest absolute Gasteiger partial charge is 0.345 e. The van der Waals surface area contributed by atoms with Crippen LogP contribution in [0.1, 0.15) is 23.3 Å². The molecule has 0 unspecified atom stereocenters. The lowest BCUT2D eigenvalue weighted by molar-refractivity contribution is 0.0697. The highest BCUT2D eigenvalue weighted by molar-refractivity contribution is 9.10. The molecule has 102 valence electrons. The molecule has 0 aliphatic carbocycles. The number of carbonyl (C=O) groups is 1. The van der Waals surface area contributed by atoms with Crippen LogP contribution in [0.15, 0.2) is 16.7 Å². The van der Waals surface area contributed by atoms with Crippen molar-refractivity contribution >= 4 is 34.2 Å². The number of rotatable bonds is 2. The van der Waals surface area contributed by atoms with E-state index in [2.05, 4.69) is 21.2 Å². The molecule has 1 aliphatic rings. The zero-order valence-corrected chi connectivity index (χ0v) is 13.1. The Morgan fingerprint density at radius 2 is 2.06 bits per heavy atom. The maximum atomic E-state index is 12.3. The van der Waals surface area contributed by atoms with Gasteiger partial charge in [0.1, 0.15) is 5.69 Å². The number of aryl methyl sites for hydroxylation is 1. The van der Waals surface area contributed by atoms with Crippen molar-refractivity contribution in [3.05, 3.63) is 22.4 Å². The molecule has 6 heteroatoms. The summed E-state index contributed by atoms with van der Waals surface area (Å²) in [6, 6.07) is 2.44. The van der Waals surface area contributed by atoms with E-state index >= 15 is 0 Å². The third kappa shape index (κ3) is 3.28. The van der Waals surface area contributed by atoms with Crippen LogP contribution in [0.2, 0.25) is 0 Å². The number of halogens is 2. The van der Waals surface area contributed by atoms with Gasteiger partial charge in [0.25, 0.3) is 5.91 Å². The zero-order chi connectivity index (χ0) is 12.4. The van der Waals surface area contributed by atoms with Gasteiger partial charge in [-0.3, -0.25) is 4.79 Å². The lowest BCUT2D eigenvalue weighted by Gasteiger charge is -2.31. The topological polar surface area (TPSA) is 37.3 Å². The molecular weight excluding hydrogens is 318 g/mol. The number of nitrogens with zero attached hydrogens (tertiary/aromatic N) is 2. The highest BCUT2D eigenvalue weighted by Crippen LogP contribution is 2.18. The number of hydrogen-bond acceptors (Lipinski definition) is 2. The molecule has 0 aromatic carbocycles.